The van der Waals surface area contributed by atoms with Gasteiger partial charge in [-0.25, -0.2) is 4.39 Å². The first-order valence-electron chi connectivity index (χ1n) is 4.01. The van der Waals surface area contributed by atoms with E-state index >= 15 is 0 Å². The van der Waals surface area contributed by atoms with E-state index < -0.39 is 5.82 Å². The molecule has 0 saturated heterocycles. The molecule has 0 atom stereocenters. The SMILES string of the molecule is Cc1cc(C(C)C)cc(F)c1O. The summed E-state index contributed by atoms with van der Waals surface area (Å²) < 4.78 is 13.0. The smallest absolute Gasteiger partial charge is 0.165 e. The van der Waals surface area contributed by atoms with Crippen molar-refractivity contribution in [3.05, 3.63) is 29.1 Å². The van der Waals surface area contributed by atoms with Crippen molar-refractivity contribution in [3.8, 4) is 5.75 Å². The quantitative estimate of drug-likeness (QED) is 0.683. The lowest BCUT2D eigenvalue weighted by atomic mass is 10.0. The Morgan fingerprint density at radius 1 is 1.33 bits per heavy atom. The van der Waals surface area contributed by atoms with Gasteiger partial charge in [-0.1, -0.05) is 19.9 Å². The van der Waals surface area contributed by atoms with Crippen LogP contribution in [0.3, 0.4) is 0 Å². The molecule has 1 rings (SSSR count). The topological polar surface area (TPSA) is 20.2 Å². The van der Waals surface area contributed by atoms with E-state index in [0.29, 0.717) is 11.5 Å². The summed E-state index contributed by atoms with van der Waals surface area (Å²) >= 11 is 0. The average Bonchev–Trinajstić information content (AvgIpc) is 1.99. The van der Waals surface area contributed by atoms with Gasteiger partial charge in [-0.05, 0) is 30.0 Å². The molecule has 0 heterocycles. The van der Waals surface area contributed by atoms with Crippen molar-refractivity contribution < 1.29 is 9.50 Å². The highest BCUT2D eigenvalue weighted by atomic mass is 19.1. The summed E-state index contributed by atoms with van der Waals surface area (Å²) in [7, 11) is 0. The second kappa shape index (κ2) is 3.13. The average molecular weight is 168 g/mol. The maximum atomic E-state index is 13.0. The van der Waals surface area contributed by atoms with Crippen LogP contribution in [-0.4, -0.2) is 5.11 Å². The minimum absolute atomic E-state index is 0.237. The molecule has 0 aliphatic carbocycles. The first kappa shape index (κ1) is 9.04. The van der Waals surface area contributed by atoms with Gasteiger partial charge in [-0.2, -0.15) is 0 Å². The Morgan fingerprint density at radius 3 is 2.33 bits per heavy atom. The van der Waals surface area contributed by atoms with Crippen molar-refractivity contribution in [2.24, 2.45) is 0 Å². The number of phenolic OH excluding ortho intramolecular Hbond substituents is 1. The van der Waals surface area contributed by atoms with Gasteiger partial charge in [0.1, 0.15) is 0 Å². The van der Waals surface area contributed by atoms with E-state index in [1.54, 1.807) is 6.92 Å². The van der Waals surface area contributed by atoms with Crippen molar-refractivity contribution in [3.63, 3.8) is 0 Å². The maximum absolute atomic E-state index is 13.0. The fraction of sp³-hybridized carbons (Fsp3) is 0.400. The van der Waals surface area contributed by atoms with Gasteiger partial charge in [-0.3, -0.25) is 0 Å². The van der Waals surface area contributed by atoms with E-state index in [4.69, 9.17) is 5.11 Å². The Morgan fingerprint density at radius 2 is 1.92 bits per heavy atom. The van der Waals surface area contributed by atoms with Crippen LogP contribution >= 0.6 is 0 Å². The Hall–Kier alpha value is -1.05. The van der Waals surface area contributed by atoms with Gasteiger partial charge in [0.25, 0.3) is 0 Å². The van der Waals surface area contributed by atoms with Crippen LogP contribution in [0.15, 0.2) is 12.1 Å². The number of rotatable bonds is 1. The molecular formula is C10H13FO. The van der Waals surface area contributed by atoms with E-state index in [1.165, 1.54) is 6.07 Å². The molecule has 0 unspecified atom stereocenters. The van der Waals surface area contributed by atoms with Gasteiger partial charge in [0.2, 0.25) is 0 Å². The normalized spacial score (nSPS) is 10.8. The number of aromatic hydroxyl groups is 1. The van der Waals surface area contributed by atoms with Gasteiger partial charge in [0, 0.05) is 0 Å². The molecule has 0 saturated carbocycles. The van der Waals surface area contributed by atoms with E-state index in [1.807, 2.05) is 19.9 Å². The molecule has 0 amide bonds. The van der Waals surface area contributed by atoms with Crippen LogP contribution in [0.2, 0.25) is 0 Å². The summed E-state index contributed by atoms with van der Waals surface area (Å²) in [6.07, 6.45) is 0. The summed E-state index contributed by atoms with van der Waals surface area (Å²) in [4.78, 5) is 0. The van der Waals surface area contributed by atoms with Crippen LogP contribution in [0.1, 0.15) is 30.9 Å². The molecule has 1 aromatic rings. The molecule has 1 nitrogen and oxygen atoms in total. The second-order valence-electron chi connectivity index (χ2n) is 3.32. The van der Waals surface area contributed by atoms with Crippen LogP contribution < -0.4 is 0 Å². The maximum Gasteiger partial charge on any atom is 0.165 e. The minimum Gasteiger partial charge on any atom is -0.505 e. The van der Waals surface area contributed by atoms with E-state index in [-0.39, 0.29) is 5.75 Å². The van der Waals surface area contributed by atoms with Gasteiger partial charge in [-0.15, -0.1) is 0 Å². The molecular weight excluding hydrogens is 155 g/mol. The molecule has 0 radical (unpaired) electrons. The lowest BCUT2D eigenvalue weighted by Crippen LogP contribution is -1.91. The van der Waals surface area contributed by atoms with Crippen LogP contribution in [0.4, 0.5) is 4.39 Å². The van der Waals surface area contributed by atoms with Crippen LogP contribution in [0.25, 0.3) is 0 Å². The molecule has 1 aromatic carbocycles. The van der Waals surface area contributed by atoms with Gasteiger partial charge in [0.15, 0.2) is 11.6 Å². The second-order valence-corrected chi connectivity index (χ2v) is 3.32. The van der Waals surface area contributed by atoms with Crippen molar-refractivity contribution in [1.82, 2.24) is 0 Å². The fourth-order valence-electron chi connectivity index (χ4n) is 1.10. The molecule has 2 heteroatoms. The Bertz CT molecular complexity index is 269. The highest BCUT2D eigenvalue weighted by Crippen LogP contribution is 2.25. The lowest BCUT2D eigenvalue weighted by Gasteiger charge is -2.08. The fourth-order valence-corrected chi connectivity index (χ4v) is 1.10. The largest absolute Gasteiger partial charge is 0.505 e. The molecule has 0 fully saturated rings. The highest BCUT2D eigenvalue weighted by molar-refractivity contribution is 5.37. The summed E-state index contributed by atoms with van der Waals surface area (Å²) in [5.74, 6) is -0.475. The van der Waals surface area contributed by atoms with E-state index in [9.17, 15) is 4.39 Å². The Labute approximate surface area is 71.9 Å². The van der Waals surface area contributed by atoms with Crippen molar-refractivity contribution in [1.29, 1.82) is 0 Å². The Kier molecular flexibility index (Phi) is 2.36. The first-order chi connectivity index (χ1) is 5.52. The Balaban J connectivity index is 3.21. The number of hydrogen-bond acceptors (Lipinski definition) is 1. The highest BCUT2D eigenvalue weighted by Gasteiger charge is 2.07. The summed E-state index contributed by atoms with van der Waals surface area (Å²) in [6, 6.07) is 3.19. The van der Waals surface area contributed by atoms with E-state index in [0.717, 1.165) is 5.56 Å². The number of phenols is 1. The van der Waals surface area contributed by atoms with Gasteiger partial charge < -0.3 is 5.11 Å². The van der Waals surface area contributed by atoms with Crippen LogP contribution in [0.5, 0.6) is 5.75 Å². The third kappa shape index (κ3) is 1.58. The third-order valence-electron chi connectivity index (χ3n) is 1.94. The zero-order valence-corrected chi connectivity index (χ0v) is 7.56. The van der Waals surface area contributed by atoms with Crippen LogP contribution in [0, 0.1) is 12.7 Å². The lowest BCUT2D eigenvalue weighted by molar-refractivity contribution is 0.427. The zero-order valence-electron chi connectivity index (χ0n) is 7.56. The van der Waals surface area contributed by atoms with Crippen molar-refractivity contribution in [2.45, 2.75) is 26.7 Å². The summed E-state index contributed by atoms with van der Waals surface area (Å²) in [5.41, 5.74) is 1.52. The molecule has 0 aliphatic rings. The predicted molar refractivity (Wildman–Crippen MR) is 46.9 cm³/mol. The molecule has 0 aliphatic heterocycles. The standard InChI is InChI=1S/C10H13FO/c1-6(2)8-4-7(3)10(12)9(11)5-8/h4-6,12H,1-3H3. The zero-order chi connectivity index (χ0) is 9.30. The molecule has 12 heavy (non-hydrogen) atoms. The van der Waals surface area contributed by atoms with Gasteiger partial charge in [0.05, 0.1) is 0 Å². The predicted octanol–water partition coefficient (Wildman–Crippen LogP) is 2.96. The molecule has 1 N–H and O–H groups in total. The number of hydrogen-bond donors (Lipinski definition) is 1. The van der Waals surface area contributed by atoms with Gasteiger partial charge >= 0.3 is 0 Å². The number of benzene rings is 1. The number of halogens is 1. The molecule has 0 aromatic heterocycles. The summed E-state index contributed by atoms with van der Waals surface area (Å²) in [5, 5.41) is 9.14. The van der Waals surface area contributed by atoms with E-state index in [2.05, 4.69) is 0 Å². The third-order valence-corrected chi connectivity index (χ3v) is 1.94. The van der Waals surface area contributed by atoms with Crippen molar-refractivity contribution in [2.75, 3.05) is 0 Å². The number of aryl methyl sites for hydroxylation is 1. The summed E-state index contributed by atoms with van der Waals surface area (Å²) in [6.45, 7) is 5.68. The van der Waals surface area contributed by atoms with Crippen LogP contribution in [-0.2, 0) is 0 Å². The molecule has 0 bridgehead atoms. The molecule has 66 valence electrons. The minimum atomic E-state index is -0.529. The molecule has 0 spiro atoms. The monoisotopic (exact) mass is 168 g/mol. The van der Waals surface area contributed by atoms with Crippen molar-refractivity contribution >= 4 is 0 Å². The first-order valence-corrected chi connectivity index (χ1v) is 4.01.